The minimum Gasteiger partial charge on any atom is -0.484 e. The predicted octanol–water partition coefficient (Wildman–Crippen LogP) is 2.86. The second kappa shape index (κ2) is 9.50. The third kappa shape index (κ3) is 7.64. The van der Waals surface area contributed by atoms with Gasteiger partial charge in [0.2, 0.25) is 0 Å². The summed E-state index contributed by atoms with van der Waals surface area (Å²) in [6.07, 6.45) is -2.04. The summed E-state index contributed by atoms with van der Waals surface area (Å²) in [7, 11) is 0. The van der Waals surface area contributed by atoms with Crippen molar-refractivity contribution in [1.29, 1.82) is 0 Å². The highest BCUT2D eigenvalue weighted by Crippen LogP contribution is 2.19. The molecule has 0 aliphatic carbocycles. The summed E-state index contributed by atoms with van der Waals surface area (Å²) < 4.78 is 47.0. The zero-order valence-electron chi connectivity index (χ0n) is 14.2. The molecule has 1 aliphatic rings. The van der Waals surface area contributed by atoms with Crippen LogP contribution in [0.4, 0.5) is 13.2 Å². The molecule has 1 aliphatic heterocycles. The average Bonchev–Trinajstić information content (AvgIpc) is 3.09. The van der Waals surface area contributed by atoms with Crippen molar-refractivity contribution in [2.75, 3.05) is 26.3 Å². The molecule has 0 bridgehead atoms. The van der Waals surface area contributed by atoms with E-state index in [4.69, 9.17) is 9.47 Å². The van der Waals surface area contributed by atoms with Gasteiger partial charge < -0.3 is 20.1 Å². The van der Waals surface area contributed by atoms with E-state index >= 15 is 0 Å². The molecule has 2 N–H and O–H groups in total. The van der Waals surface area contributed by atoms with Crippen molar-refractivity contribution in [3.8, 4) is 5.75 Å². The Morgan fingerprint density at radius 2 is 2.20 bits per heavy atom. The molecule has 0 amide bonds. The van der Waals surface area contributed by atoms with Gasteiger partial charge >= 0.3 is 6.18 Å². The van der Waals surface area contributed by atoms with Gasteiger partial charge in [-0.25, -0.2) is 4.99 Å². The first-order chi connectivity index (χ1) is 12.0. The molecule has 5 nitrogen and oxygen atoms in total. The molecule has 0 radical (unpaired) electrons. The largest absolute Gasteiger partial charge is 0.484 e. The zero-order valence-corrected chi connectivity index (χ0v) is 14.2. The summed E-state index contributed by atoms with van der Waals surface area (Å²) >= 11 is 0. The molecule has 1 aromatic rings. The first kappa shape index (κ1) is 19.4. The maximum absolute atomic E-state index is 12.2. The normalized spacial score (nSPS) is 18.2. The summed E-state index contributed by atoms with van der Waals surface area (Å²) in [5, 5.41) is 6.37. The van der Waals surface area contributed by atoms with E-state index < -0.39 is 12.8 Å². The zero-order chi connectivity index (χ0) is 18.1. The van der Waals surface area contributed by atoms with Crippen LogP contribution < -0.4 is 15.4 Å². The first-order valence-corrected chi connectivity index (χ1v) is 8.38. The molecule has 0 saturated carbocycles. The van der Waals surface area contributed by atoms with Crippen molar-refractivity contribution in [1.82, 2.24) is 10.6 Å². The molecule has 1 fully saturated rings. The molecule has 1 heterocycles. The van der Waals surface area contributed by atoms with Gasteiger partial charge in [0.25, 0.3) is 0 Å². The van der Waals surface area contributed by atoms with Crippen LogP contribution >= 0.6 is 0 Å². The summed E-state index contributed by atoms with van der Waals surface area (Å²) in [5.74, 6) is 0.835. The van der Waals surface area contributed by atoms with E-state index in [1.807, 2.05) is 6.92 Å². The van der Waals surface area contributed by atoms with Gasteiger partial charge in [-0.05, 0) is 37.5 Å². The smallest absolute Gasteiger partial charge is 0.422 e. The Morgan fingerprint density at radius 3 is 2.88 bits per heavy atom. The molecule has 0 aromatic heterocycles. The number of hydrogen-bond donors (Lipinski definition) is 2. The average molecular weight is 359 g/mol. The highest BCUT2D eigenvalue weighted by molar-refractivity contribution is 5.79. The van der Waals surface area contributed by atoms with E-state index in [9.17, 15) is 13.2 Å². The Bertz CT molecular complexity index is 558. The third-order valence-electron chi connectivity index (χ3n) is 3.59. The van der Waals surface area contributed by atoms with Gasteiger partial charge in [0.05, 0.1) is 12.6 Å². The Labute approximate surface area is 145 Å². The number of halogens is 3. The molecule has 1 saturated heterocycles. The molecular weight excluding hydrogens is 335 g/mol. The van der Waals surface area contributed by atoms with Crippen molar-refractivity contribution in [2.24, 2.45) is 4.99 Å². The van der Waals surface area contributed by atoms with Gasteiger partial charge in [0.1, 0.15) is 5.75 Å². The summed E-state index contributed by atoms with van der Waals surface area (Å²) in [6, 6.07) is 6.52. The van der Waals surface area contributed by atoms with E-state index in [0.29, 0.717) is 25.6 Å². The number of nitrogens with one attached hydrogen (secondary N) is 2. The van der Waals surface area contributed by atoms with Crippen molar-refractivity contribution in [3.63, 3.8) is 0 Å². The number of guanidine groups is 1. The maximum atomic E-state index is 12.2. The second-order valence-electron chi connectivity index (χ2n) is 5.76. The molecule has 8 heteroatoms. The lowest BCUT2D eigenvalue weighted by Crippen LogP contribution is -2.41. The number of alkyl halides is 3. The second-order valence-corrected chi connectivity index (χ2v) is 5.76. The van der Waals surface area contributed by atoms with E-state index in [1.165, 1.54) is 6.07 Å². The number of nitrogens with zero attached hydrogens (tertiary/aromatic N) is 1. The van der Waals surface area contributed by atoms with Crippen LogP contribution in [0.2, 0.25) is 0 Å². The molecule has 1 atom stereocenters. The number of aliphatic imine (C=N–C) groups is 1. The maximum Gasteiger partial charge on any atom is 0.422 e. The molecule has 140 valence electrons. The van der Waals surface area contributed by atoms with Crippen LogP contribution in [0.3, 0.4) is 0 Å². The lowest BCUT2D eigenvalue weighted by molar-refractivity contribution is -0.153. The molecule has 1 unspecified atom stereocenters. The SMILES string of the molecule is CCNC(=NCc1cccc(OCC(F)(F)F)c1)NCC1CCCO1. The van der Waals surface area contributed by atoms with Gasteiger partial charge in [-0.1, -0.05) is 12.1 Å². The van der Waals surface area contributed by atoms with E-state index in [1.54, 1.807) is 18.2 Å². The summed E-state index contributed by atoms with van der Waals surface area (Å²) in [6.45, 7) is 3.20. The van der Waals surface area contributed by atoms with Crippen LogP contribution in [0, 0.1) is 0 Å². The Balaban J connectivity index is 1.89. The Morgan fingerprint density at radius 1 is 1.36 bits per heavy atom. The van der Waals surface area contributed by atoms with Crippen molar-refractivity contribution >= 4 is 5.96 Å². The number of benzene rings is 1. The fourth-order valence-corrected chi connectivity index (χ4v) is 2.43. The van der Waals surface area contributed by atoms with Crippen LogP contribution in [0.5, 0.6) is 5.75 Å². The fourth-order valence-electron chi connectivity index (χ4n) is 2.43. The van der Waals surface area contributed by atoms with Crippen molar-refractivity contribution in [2.45, 2.75) is 38.6 Å². The van der Waals surface area contributed by atoms with Gasteiger partial charge in [-0.15, -0.1) is 0 Å². The monoisotopic (exact) mass is 359 g/mol. The Kier molecular flexibility index (Phi) is 7.36. The van der Waals surface area contributed by atoms with Gasteiger partial charge in [0, 0.05) is 19.7 Å². The van der Waals surface area contributed by atoms with Crippen LogP contribution in [0.15, 0.2) is 29.3 Å². The minimum atomic E-state index is -4.35. The van der Waals surface area contributed by atoms with Crippen molar-refractivity contribution < 1.29 is 22.6 Å². The molecule has 2 rings (SSSR count). The van der Waals surface area contributed by atoms with Gasteiger partial charge in [0.15, 0.2) is 12.6 Å². The molecule has 0 spiro atoms. The highest BCUT2D eigenvalue weighted by atomic mass is 19.4. The summed E-state index contributed by atoms with van der Waals surface area (Å²) in [5.41, 5.74) is 0.772. The van der Waals surface area contributed by atoms with Crippen LogP contribution in [-0.2, 0) is 11.3 Å². The molecule has 1 aromatic carbocycles. The topological polar surface area (TPSA) is 54.9 Å². The number of rotatable bonds is 7. The number of ether oxygens (including phenoxy) is 2. The lowest BCUT2D eigenvalue weighted by atomic mass is 10.2. The van der Waals surface area contributed by atoms with Gasteiger partial charge in [-0.3, -0.25) is 0 Å². The summed E-state index contributed by atoms with van der Waals surface area (Å²) in [4.78, 5) is 4.46. The molecular formula is C17H24F3N3O2. The van der Waals surface area contributed by atoms with Crippen LogP contribution in [-0.4, -0.2) is 44.5 Å². The van der Waals surface area contributed by atoms with E-state index in [-0.39, 0.29) is 11.9 Å². The lowest BCUT2D eigenvalue weighted by Gasteiger charge is -2.15. The Hall–Kier alpha value is -1.96. The predicted molar refractivity (Wildman–Crippen MR) is 89.8 cm³/mol. The fraction of sp³-hybridized carbons (Fsp3) is 0.588. The van der Waals surface area contributed by atoms with Gasteiger partial charge in [-0.2, -0.15) is 13.2 Å². The van der Waals surface area contributed by atoms with Crippen molar-refractivity contribution in [3.05, 3.63) is 29.8 Å². The van der Waals surface area contributed by atoms with E-state index in [0.717, 1.165) is 25.0 Å². The standard InChI is InChI=1S/C17H24F3N3O2/c1-2-21-16(23-11-15-7-4-8-24-15)22-10-13-5-3-6-14(9-13)25-12-17(18,19)20/h3,5-6,9,15H,2,4,7-8,10-12H2,1H3,(H2,21,22,23). The molecule has 25 heavy (non-hydrogen) atoms. The van der Waals surface area contributed by atoms with E-state index in [2.05, 4.69) is 15.6 Å². The van der Waals surface area contributed by atoms with Crippen LogP contribution in [0.25, 0.3) is 0 Å². The third-order valence-corrected chi connectivity index (χ3v) is 3.59. The minimum absolute atomic E-state index is 0.183. The highest BCUT2D eigenvalue weighted by Gasteiger charge is 2.28. The number of hydrogen-bond acceptors (Lipinski definition) is 3. The first-order valence-electron chi connectivity index (χ1n) is 8.38. The van der Waals surface area contributed by atoms with Crippen LogP contribution in [0.1, 0.15) is 25.3 Å². The quantitative estimate of drug-likeness (QED) is 0.581.